The summed E-state index contributed by atoms with van der Waals surface area (Å²) in [6, 6.07) is 3.93. The standard InChI is InChI=1S/C13H17N3O/c1-4-16-10(3)12(9-15-16)11-7-6-8-14-13(11)17-5-2/h6-9H,4-5H2,1-3H3. The molecule has 0 radical (unpaired) electrons. The van der Waals surface area contributed by atoms with Crippen LogP contribution in [0.3, 0.4) is 0 Å². The molecule has 2 heterocycles. The van der Waals surface area contributed by atoms with Gasteiger partial charge >= 0.3 is 0 Å². The molecule has 0 amide bonds. The summed E-state index contributed by atoms with van der Waals surface area (Å²) >= 11 is 0. The van der Waals surface area contributed by atoms with Gasteiger partial charge in [-0.15, -0.1) is 0 Å². The Balaban J connectivity index is 2.48. The maximum Gasteiger partial charge on any atom is 0.221 e. The first-order valence-electron chi connectivity index (χ1n) is 5.88. The lowest BCUT2D eigenvalue weighted by Crippen LogP contribution is -1.99. The lowest BCUT2D eigenvalue weighted by Gasteiger charge is -2.08. The molecular formula is C13H17N3O. The molecule has 0 spiro atoms. The molecule has 4 nitrogen and oxygen atoms in total. The molecule has 0 saturated carbocycles. The van der Waals surface area contributed by atoms with Gasteiger partial charge in [0.2, 0.25) is 5.88 Å². The fourth-order valence-corrected chi connectivity index (χ4v) is 1.88. The topological polar surface area (TPSA) is 39.9 Å². The highest BCUT2D eigenvalue weighted by atomic mass is 16.5. The van der Waals surface area contributed by atoms with Crippen LogP contribution in [0.25, 0.3) is 11.1 Å². The Bertz CT molecular complexity index is 505. The maximum absolute atomic E-state index is 5.54. The van der Waals surface area contributed by atoms with Crippen LogP contribution < -0.4 is 4.74 Å². The van der Waals surface area contributed by atoms with Gasteiger partial charge in [0.1, 0.15) is 0 Å². The van der Waals surface area contributed by atoms with Gasteiger partial charge in [-0.25, -0.2) is 4.98 Å². The van der Waals surface area contributed by atoms with Crippen LogP contribution in [0.2, 0.25) is 0 Å². The van der Waals surface area contributed by atoms with E-state index in [1.807, 2.05) is 29.9 Å². The number of pyridine rings is 1. The minimum atomic E-state index is 0.616. The summed E-state index contributed by atoms with van der Waals surface area (Å²) in [5.41, 5.74) is 3.23. The molecule has 0 aromatic carbocycles. The van der Waals surface area contributed by atoms with Gasteiger partial charge in [0.15, 0.2) is 0 Å². The van der Waals surface area contributed by atoms with Crippen molar-refractivity contribution in [3.8, 4) is 17.0 Å². The average Bonchev–Trinajstić information content (AvgIpc) is 2.72. The Morgan fingerprint density at radius 2 is 2.12 bits per heavy atom. The number of nitrogens with zero attached hydrogens (tertiary/aromatic N) is 3. The summed E-state index contributed by atoms with van der Waals surface area (Å²) in [6.45, 7) is 7.59. The molecule has 0 fully saturated rings. The van der Waals surface area contributed by atoms with Crippen molar-refractivity contribution in [2.45, 2.75) is 27.3 Å². The normalized spacial score (nSPS) is 10.5. The molecule has 17 heavy (non-hydrogen) atoms. The summed E-state index contributed by atoms with van der Waals surface area (Å²) in [7, 11) is 0. The first-order valence-corrected chi connectivity index (χ1v) is 5.88. The predicted octanol–water partition coefficient (Wildman–Crippen LogP) is 2.67. The third-order valence-electron chi connectivity index (χ3n) is 2.75. The van der Waals surface area contributed by atoms with Gasteiger partial charge in [-0.3, -0.25) is 4.68 Å². The van der Waals surface area contributed by atoms with Crippen molar-refractivity contribution in [1.29, 1.82) is 0 Å². The highest BCUT2D eigenvalue weighted by Gasteiger charge is 2.12. The van der Waals surface area contributed by atoms with E-state index in [4.69, 9.17) is 4.74 Å². The zero-order valence-corrected chi connectivity index (χ0v) is 10.5. The van der Waals surface area contributed by atoms with E-state index in [9.17, 15) is 0 Å². The molecule has 0 atom stereocenters. The molecule has 2 rings (SSSR count). The van der Waals surface area contributed by atoms with Crippen molar-refractivity contribution in [2.24, 2.45) is 0 Å². The minimum Gasteiger partial charge on any atom is -0.478 e. The van der Waals surface area contributed by atoms with Crippen LogP contribution in [-0.4, -0.2) is 21.4 Å². The second-order valence-electron chi connectivity index (χ2n) is 3.75. The van der Waals surface area contributed by atoms with E-state index in [1.54, 1.807) is 6.20 Å². The quantitative estimate of drug-likeness (QED) is 0.812. The van der Waals surface area contributed by atoms with E-state index < -0.39 is 0 Å². The molecule has 0 aliphatic carbocycles. The van der Waals surface area contributed by atoms with Gasteiger partial charge in [-0.1, -0.05) is 0 Å². The van der Waals surface area contributed by atoms with Crippen LogP contribution in [0.5, 0.6) is 5.88 Å². The van der Waals surface area contributed by atoms with Crippen molar-refractivity contribution in [2.75, 3.05) is 6.61 Å². The second-order valence-corrected chi connectivity index (χ2v) is 3.75. The minimum absolute atomic E-state index is 0.616. The highest BCUT2D eigenvalue weighted by molar-refractivity contribution is 5.69. The van der Waals surface area contributed by atoms with Crippen molar-refractivity contribution in [3.63, 3.8) is 0 Å². The van der Waals surface area contributed by atoms with E-state index in [-0.39, 0.29) is 0 Å². The van der Waals surface area contributed by atoms with Crippen LogP contribution in [0.15, 0.2) is 24.5 Å². The SMILES string of the molecule is CCOc1ncccc1-c1cnn(CC)c1C. The fourth-order valence-electron chi connectivity index (χ4n) is 1.88. The molecule has 90 valence electrons. The van der Waals surface area contributed by atoms with Crippen molar-refractivity contribution >= 4 is 0 Å². The van der Waals surface area contributed by atoms with Crippen LogP contribution >= 0.6 is 0 Å². The smallest absolute Gasteiger partial charge is 0.221 e. The average molecular weight is 231 g/mol. The molecule has 2 aromatic heterocycles. The molecule has 4 heteroatoms. The van der Waals surface area contributed by atoms with E-state index in [0.29, 0.717) is 12.5 Å². The van der Waals surface area contributed by atoms with Crippen molar-refractivity contribution in [1.82, 2.24) is 14.8 Å². The number of rotatable bonds is 4. The highest BCUT2D eigenvalue weighted by Crippen LogP contribution is 2.29. The summed E-state index contributed by atoms with van der Waals surface area (Å²) in [5.74, 6) is 0.675. The molecule has 0 saturated heterocycles. The Kier molecular flexibility index (Phi) is 3.42. The molecule has 0 aliphatic rings. The zero-order valence-electron chi connectivity index (χ0n) is 10.5. The number of ether oxygens (including phenoxy) is 1. The molecule has 0 N–H and O–H groups in total. The summed E-state index contributed by atoms with van der Waals surface area (Å²) in [6.07, 6.45) is 3.62. The van der Waals surface area contributed by atoms with Gasteiger partial charge in [-0.05, 0) is 32.9 Å². The van der Waals surface area contributed by atoms with Gasteiger partial charge < -0.3 is 4.74 Å². The number of aromatic nitrogens is 3. The number of hydrogen-bond donors (Lipinski definition) is 0. The summed E-state index contributed by atoms with van der Waals surface area (Å²) < 4.78 is 7.51. The third kappa shape index (κ3) is 2.16. The van der Waals surface area contributed by atoms with E-state index >= 15 is 0 Å². The first-order chi connectivity index (χ1) is 8.27. The first kappa shape index (κ1) is 11.6. The monoisotopic (exact) mass is 231 g/mol. The second kappa shape index (κ2) is 4.99. The number of aryl methyl sites for hydroxylation is 1. The molecule has 0 bridgehead atoms. The van der Waals surface area contributed by atoms with E-state index in [2.05, 4.69) is 23.9 Å². The summed E-state index contributed by atoms with van der Waals surface area (Å²) in [5, 5.41) is 4.35. The third-order valence-corrected chi connectivity index (χ3v) is 2.75. The van der Waals surface area contributed by atoms with Crippen LogP contribution in [0, 0.1) is 6.92 Å². The van der Waals surface area contributed by atoms with Crippen molar-refractivity contribution in [3.05, 3.63) is 30.2 Å². The van der Waals surface area contributed by atoms with Gasteiger partial charge in [0.05, 0.1) is 12.8 Å². The maximum atomic E-state index is 5.54. The molecular weight excluding hydrogens is 214 g/mol. The van der Waals surface area contributed by atoms with Gasteiger partial charge in [-0.2, -0.15) is 5.10 Å². The Hall–Kier alpha value is -1.84. The molecule has 0 unspecified atom stereocenters. The van der Waals surface area contributed by atoms with Crippen LogP contribution in [0.4, 0.5) is 0 Å². The zero-order chi connectivity index (χ0) is 12.3. The largest absolute Gasteiger partial charge is 0.478 e. The molecule has 0 aliphatic heterocycles. The molecule has 2 aromatic rings. The van der Waals surface area contributed by atoms with Gasteiger partial charge in [0, 0.05) is 29.6 Å². The Morgan fingerprint density at radius 1 is 1.29 bits per heavy atom. The van der Waals surface area contributed by atoms with Crippen LogP contribution in [-0.2, 0) is 6.54 Å². The lowest BCUT2D eigenvalue weighted by molar-refractivity contribution is 0.328. The fraction of sp³-hybridized carbons (Fsp3) is 0.385. The lowest BCUT2D eigenvalue weighted by atomic mass is 10.1. The van der Waals surface area contributed by atoms with Crippen LogP contribution in [0.1, 0.15) is 19.5 Å². The van der Waals surface area contributed by atoms with E-state index in [0.717, 1.165) is 23.4 Å². The number of hydrogen-bond acceptors (Lipinski definition) is 3. The van der Waals surface area contributed by atoms with Gasteiger partial charge in [0.25, 0.3) is 0 Å². The van der Waals surface area contributed by atoms with E-state index in [1.165, 1.54) is 0 Å². The Morgan fingerprint density at radius 3 is 2.76 bits per heavy atom. The predicted molar refractivity (Wildman–Crippen MR) is 67.0 cm³/mol. The van der Waals surface area contributed by atoms with Crippen molar-refractivity contribution < 1.29 is 4.74 Å². The summed E-state index contributed by atoms with van der Waals surface area (Å²) in [4.78, 5) is 4.26. The Labute approximate surface area is 101 Å².